The van der Waals surface area contributed by atoms with E-state index in [-0.39, 0.29) is 46.2 Å². The third-order valence-electron chi connectivity index (χ3n) is 6.39. The Morgan fingerprint density at radius 1 is 1.09 bits per heavy atom. The van der Waals surface area contributed by atoms with Gasteiger partial charge in [0.25, 0.3) is 5.91 Å². The lowest BCUT2D eigenvalue weighted by Crippen LogP contribution is -2.43. The van der Waals surface area contributed by atoms with Crippen LogP contribution in [0.25, 0.3) is 11.3 Å². The highest BCUT2D eigenvalue weighted by Gasteiger charge is 2.24. The summed E-state index contributed by atoms with van der Waals surface area (Å²) in [5.41, 5.74) is 1.44. The molecule has 3 N–H and O–H groups in total. The lowest BCUT2D eigenvalue weighted by Gasteiger charge is -2.33. The fourth-order valence-electron chi connectivity index (χ4n) is 4.25. The number of likely N-dealkylation sites (tertiary alicyclic amines) is 1. The van der Waals surface area contributed by atoms with Crippen LogP contribution in [0.1, 0.15) is 29.8 Å². The van der Waals surface area contributed by atoms with Crippen molar-refractivity contribution >= 4 is 11.6 Å². The second kappa shape index (κ2) is 9.26. The molecule has 9 nitrogen and oxygen atoms in total. The van der Waals surface area contributed by atoms with Gasteiger partial charge in [0.05, 0.1) is 0 Å². The summed E-state index contributed by atoms with van der Waals surface area (Å²) in [6, 6.07) is 11.7. The predicted octanol–water partition coefficient (Wildman–Crippen LogP) is 3.58. The van der Waals surface area contributed by atoms with Crippen LogP contribution < -0.4 is 15.0 Å². The van der Waals surface area contributed by atoms with Crippen molar-refractivity contribution in [2.45, 2.75) is 25.3 Å². The number of aromatic hydroxyl groups is 2. The van der Waals surface area contributed by atoms with E-state index in [1.807, 2.05) is 24.3 Å². The van der Waals surface area contributed by atoms with Crippen LogP contribution in [0.5, 0.6) is 23.0 Å². The van der Waals surface area contributed by atoms with Crippen LogP contribution >= 0.6 is 0 Å². The number of nitrogens with one attached hydrogen (secondary N) is 1. The zero-order valence-corrected chi connectivity index (χ0v) is 19.0. The minimum absolute atomic E-state index is 0.0871. The first-order valence-corrected chi connectivity index (χ1v) is 11.5. The molecule has 0 radical (unpaired) electrons. The van der Waals surface area contributed by atoms with Gasteiger partial charge < -0.3 is 34.6 Å². The van der Waals surface area contributed by atoms with E-state index < -0.39 is 0 Å². The van der Waals surface area contributed by atoms with Crippen molar-refractivity contribution in [3.63, 3.8) is 0 Å². The minimum Gasteiger partial charge on any atom is -0.508 e. The highest BCUT2D eigenvalue weighted by Crippen LogP contribution is 2.43. The maximum absolute atomic E-state index is 12.7. The number of amides is 1. The first-order chi connectivity index (χ1) is 16.5. The molecule has 2 aliphatic rings. The number of carbonyl (C=O) groups is 1. The monoisotopic (exact) mass is 464 g/mol. The molecular formula is C25H28N4O5. The van der Waals surface area contributed by atoms with Gasteiger partial charge in [0.2, 0.25) is 0 Å². The molecule has 3 heterocycles. The Hall–Kier alpha value is -3.72. The van der Waals surface area contributed by atoms with E-state index >= 15 is 0 Å². The van der Waals surface area contributed by atoms with E-state index in [4.69, 9.17) is 9.26 Å². The lowest BCUT2D eigenvalue weighted by molar-refractivity contribution is 0.0908. The molecule has 3 aromatic rings. The number of phenols is 2. The van der Waals surface area contributed by atoms with E-state index in [1.165, 1.54) is 24.6 Å². The Kier molecular flexibility index (Phi) is 6.02. The number of hydrogen-bond donors (Lipinski definition) is 3. The maximum Gasteiger partial charge on any atom is 0.273 e. The summed E-state index contributed by atoms with van der Waals surface area (Å²) in [5.74, 6) is 0.159. The molecule has 34 heavy (non-hydrogen) atoms. The SMILES string of the molecule is CN1CCC(NC(=O)c2cc(-c3c(O)cc(O)cc3Oc3ccc(N4CCC4)cc3)on2)CC1. The summed E-state index contributed by atoms with van der Waals surface area (Å²) in [7, 11) is 2.06. The van der Waals surface area contributed by atoms with Gasteiger partial charge in [0.1, 0.15) is 28.6 Å². The average Bonchev–Trinajstić information content (AvgIpc) is 3.25. The van der Waals surface area contributed by atoms with Crippen molar-refractivity contribution in [3.05, 3.63) is 48.2 Å². The summed E-state index contributed by atoms with van der Waals surface area (Å²) in [4.78, 5) is 17.2. The van der Waals surface area contributed by atoms with Gasteiger partial charge in [-0.3, -0.25) is 4.79 Å². The molecule has 0 saturated carbocycles. The number of anilines is 1. The zero-order valence-electron chi connectivity index (χ0n) is 19.0. The van der Waals surface area contributed by atoms with E-state index in [0.29, 0.717) is 5.75 Å². The normalized spacial score (nSPS) is 16.8. The molecule has 1 aromatic heterocycles. The third-order valence-corrected chi connectivity index (χ3v) is 6.39. The highest BCUT2D eigenvalue weighted by atomic mass is 16.5. The summed E-state index contributed by atoms with van der Waals surface area (Å²) in [5, 5.41) is 27.5. The summed E-state index contributed by atoms with van der Waals surface area (Å²) in [6.45, 7) is 3.94. The maximum atomic E-state index is 12.7. The molecule has 2 aliphatic heterocycles. The number of piperidine rings is 1. The molecule has 0 unspecified atom stereocenters. The Labute approximate surface area is 197 Å². The van der Waals surface area contributed by atoms with Crippen LogP contribution in [0.4, 0.5) is 5.69 Å². The second-order valence-electron chi connectivity index (χ2n) is 8.90. The first-order valence-electron chi connectivity index (χ1n) is 11.5. The molecular weight excluding hydrogens is 436 g/mol. The molecule has 0 aliphatic carbocycles. The summed E-state index contributed by atoms with van der Waals surface area (Å²) < 4.78 is 11.4. The van der Waals surface area contributed by atoms with Crippen molar-refractivity contribution in [2.24, 2.45) is 0 Å². The van der Waals surface area contributed by atoms with Crippen molar-refractivity contribution in [1.82, 2.24) is 15.4 Å². The Morgan fingerprint density at radius 3 is 2.50 bits per heavy atom. The van der Waals surface area contributed by atoms with Crippen LogP contribution in [-0.2, 0) is 0 Å². The van der Waals surface area contributed by atoms with Crippen LogP contribution in [0, 0.1) is 0 Å². The number of ether oxygens (including phenoxy) is 1. The second-order valence-corrected chi connectivity index (χ2v) is 8.90. The number of aromatic nitrogens is 1. The largest absolute Gasteiger partial charge is 0.508 e. The van der Waals surface area contributed by atoms with Crippen molar-refractivity contribution < 1.29 is 24.3 Å². The fourth-order valence-corrected chi connectivity index (χ4v) is 4.25. The van der Waals surface area contributed by atoms with Gasteiger partial charge in [0, 0.05) is 43.0 Å². The average molecular weight is 465 g/mol. The molecule has 178 valence electrons. The Morgan fingerprint density at radius 2 is 1.82 bits per heavy atom. The highest BCUT2D eigenvalue weighted by molar-refractivity contribution is 5.93. The molecule has 1 amide bonds. The smallest absolute Gasteiger partial charge is 0.273 e. The van der Waals surface area contributed by atoms with Gasteiger partial charge in [-0.15, -0.1) is 0 Å². The zero-order chi connectivity index (χ0) is 23.7. The number of rotatable bonds is 6. The molecule has 2 saturated heterocycles. The van der Waals surface area contributed by atoms with Crippen molar-refractivity contribution in [2.75, 3.05) is 38.1 Å². The van der Waals surface area contributed by atoms with Crippen LogP contribution in [-0.4, -0.2) is 65.4 Å². The van der Waals surface area contributed by atoms with Crippen molar-refractivity contribution in [3.8, 4) is 34.3 Å². The molecule has 0 spiro atoms. The van der Waals surface area contributed by atoms with E-state index in [2.05, 4.69) is 27.3 Å². The van der Waals surface area contributed by atoms with Gasteiger partial charge >= 0.3 is 0 Å². The molecule has 5 rings (SSSR count). The van der Waals surface area contributed by atoms with Gasteiger partial charge in [-0.1, -0.05) is 5.16 Å². The lowest BCUT2D eigenvalue weighted by atomic mass is 10.1. The standard InChI is InChI=1S/C25H28N4O5/c1-28-11-7-16(8-12-28)26-25(32)20-15-23(34-27-20)24-21(31)13-18(30)14-22(24)33-19-5-3-17(4-6-19)29-9-2-10-29/h3-6,13-16,30-31H,2,7-12H2,1H3,(H,26,32). The topological polar surface area (TPSA) is 111 Å². The predicted molar refractivity (Wildman–Crippen MR) is 127 cm³/mol. The van der Waals surface area contributed by atoms with Crippen LogP contribution in [0.3, 0.4) is 0 Å². The van der Waals surface area contributed by atoms with Gasteiger partial charge in [-0.25, -0.2) is 0 Å². The number of hydrogen-bond acceptors (Lipinski definition) is 8. The minimum atomic E-state index is -0.327. The molecule has 2 fully saturated rings. The van der Waals surface area contributed by atoms with Crippen molar-refractivity contribution in [1.29, 1.82) is 0 Å². The fraction of sp³-hybridized carbons (Fsp3) is 0.360. The number of benzene rings is 2. The number of carbonyl (C=O) groups excluding carboxylic acids is 1. The van der Waals surface area contributed by atoms with Crippen LogP contribution in [0.2, 0.25) is 0 Å². The first kappa shape index (κ1) is 22.1. The van der Waals surface area contributed by atoms with Gasteiger partial charge in [-0.2, -0.15) is 0 Å². The molecule has 9 heteroatoms. The van der Waals surface area contributed by atoms with Gasteiger partial charge in [-0.05, 0) is 63.7 Å². The molecule has 0 bridgehead atoms. The summed E-state index contributed by atoms with van der Waals surface area (Å²) in [6.07, 6.45) is 2.94. The number of nitrogens with zero attached hydrogens (tertiary/aromatic N) is 3. The van der Waals surface area contributed by atoms with Crippen LogP contribution in [0.15, 0.2) is 47.0 Å². The third kappa shape index (κ3) is 4.65. The molecule has 2 aromatic carbocycles. The molecule has 0 atom stereocenters. The van der Waals surface area contributed by atoms with E-state index in [1.54, 1.807) is 0 Å². The summed E-state index contributed by atoms with van der Waals surface area (Å²) >= 11 is 0. The van der Waals surface area contributed by atoms with E-state index in [9.17, 15) is 15.0 Å². The van der Waals surface area contributed by atoms with Gasteiger partial charge in [0.15, 0.2) is 11.5 Å². The van der Waals surface area contributed by atoms with E-state index in [0.717, 1.165) is 44.7 Å². The Bertz CT molecular complexity index is 1160. The number of phenolic OH excluding ortho intramolecular Hbond substituents is 2. The Balaban J connectivity index is 1.35. The quantitative estimate of drug-likeness (QED) is 0.508.